The summed E-state index contributed by atoms with van der Waals surface area (Å²) in [5.41, 5.74) is 1.74. The third kappa shape index (κ3) is 4.38. The number of hydrogen-bond acceptors (Lipinski definition) is 4. The van der Waals surface area contributed by atoms with E-state index in [0.717, 1.165) is 43.3 Å². The Kier molecular flexibility index (Phi) is 5.00. The molecular weight excluding hydrogens is 368 g/mol. The molecule has 29 heavy (non-hydrogen) atoms. The highest BCUT2D eigenvalue weighted by molar-refractivity contribution is 5.97. The lowest BCUT2D eigenvalue weighted by molar-refractivity contribution is 0.0589. The van der Waals surface area contributed by atoms with Crippen LogP contribution in [0.2, 0.25) is 0 Å². The second-order valence-electron chi connectivity index (χ2n) is 9.72. The van der Waals surface area contributed by atoms with Gasteiger partial charge in [0.2, 0.25) is 0 Å². The van der Waals surface area contributed by atoms with E-state index in [9.17, 15) is 9.59 Å². The fourth-order valence-corrected chi connectivity index (χ4v) is 4.24. The summed E-state index contributed by atoms with van der Waals surface area (Å²) in [6, 6.07) is 3.70. The predicted molar refractivity (Wildman–Crippen MR) is 111 cm³/mol. The van der Waals surface area contributed by atoms with E-state index in [4.69, 9.17) is 4.74 Å². The molecule has 2 fully saturated rings. The summed E-state index contributed by atoms with van der Waals surface area (Å²) in [6.45, 7) is 8.77. The van der Waals surface area contributed by atoms with Gasteiger partial charge in [-0.3, -0.25) is 9.78 Å². The first-order chi connectivity index (χ1) is 13.8. The molecule has 1 aliphatic carbocycles. The molecule has 1 saturated heterocycles. The van der Waals surface area contributed by atoms with Crippen LogP contribution >= 0.6 is 0 Å². The summed E-state index contributed by atoms with van der Waals surface area (Å²) < 4.78 is 5.44. The maximum absolute atomic E-state index is 12.5. The second-order valence-corrected chi connectivity index (χ2v) is 9.72. The quantitative estimate of drug-likeness (QED) is 0.824. The van der Waals surface area contributed by atoms with Crippen LogP contribution in [0.4, 0.5) is 4.79 Å². The van der Waals surface area contributed by atoms with Gasteiger partial charge < -0.3 is 19.9 Å². The lowest BCUT2D eigenvalue weighted by atomic mass is 9.91. The highest BCUT2D eigenvalue weighted by Gasteiger charge is 2.55. The molecule has 2 amide bonds. The van der Waals surface area contributed by atoms with Crippen molar-refractivity contribution < 1.29 is 14.3 Å². The minimum Gasteiger partial charge on any atom is -0.449 e. The molecule has 1 unspecified atom stereocenters. The topological polar surface area (TPSA) is 87.3 Å². The van der Waals surface area contributed by atoms with Gasteiger partial charge in [0, 0.05) is 42.9 Å². The fraction of sp³-hybridized carbons (Fsp3) is 0.591. The number of ether oxygens (including phenoxy) is 1. The number of amides is 2. The van der Waals surface area contributed by atoms with Crippen molar-refractivity contribution in [3.05, 3.63) is 30.2 Å². The Morgan fingerprint density at radius 1 is 1.34 bits per heavy atom. The molecule has 156 valence electrons. The van der Waals surface area contributed by atoms with Crippen LogP contribution in [0.1, 0.15) is 50.5 Å². The number of aromatic nitrogens is 2. The molecule has 0 bridgehead atoms. The molecule has 1 spiro atoms. The van der Waals surface area contributed by atoms with E-state index in [2.05, 4.69) is 36.1 Å². The van der Waals surface area contributed by atoms with Crippen LogP contribution in [0, 0.1) is 16.7 Å². The first-order valence-corrected chi connectivity index (χ1v) is 10.4. The van der Waals surface area contributed by atoms with Crippen LogP contribution in [0.25, 0.3) is 10.9 Å². The Labute approximate surface area is 171 Å². The third-order valence-electron chi connectivity index (χ3n) is 6.18. The molecule has 2 aromatic heterocycles. The van der Waals surface area contributed by atoms with E-state index in [1.165, 1.54) is 0 Å². The molecule has 1 aliphatic heterocycles. The zero-order chi connectivity index (χ0) is 20.6. The number of hydrogen-bond donors (Lipinski definition) is 2. The van der Waals surface area contributed by atoms with Crippen LogP contribution in [0.15, 0.2) is 24.5 Å². The Hall–Kier alpha value is -2.57. The Morgan fingerprint density at radius 3 is 2.79 bits per heavy atom. The zero-order valence-corrected chi connectivity index (χ0v) is 17.5. The number of fused-ring (bicyclic) bond motifs is 1. The summed E-state index contributed by atoms with van der Waals surface area (Å²) >= 11 is 0. The Bertz CT molecular complexity index is 873. The number of carbonyl (C=O) groups is 2. The van der Waals surface area contributed by atoms with Crippen LogP contribution < -0.4 is 5.32 Å². The summed E-state index contributed by atoms with van der Waals surface area (Å²) in [7, 11) is 0. The lowest BCUT2D eigenvalue weighted by Crippen LogP contribution is -2.41. The Balaban J connectivity index is 1.23. The van der Waals surface area contributed by atoms with Crippen molar-refractivity contribution in [1.82, 2.24) is 20.2 Å². The molecule has 3 heterocycles. The average Bonchev–Trinajstić information content (AvgIpc) is 3.16. The van der Waals surface area contributed by atoms with Gasteiger partial charge in [-0.05, 0) is 48.1 Å². The molecule has 4 rings (SSSR count). The minimum absolute atomic E-state index is 0.0199. The van der Waals surface area contributed by atoms with Gasteiger partial charge in [-0.15, -0.1) is 0 Å². The van der Waals surface area contributed by atoms with Crippen molar-refractivity contribution in [1.29, 1.82) is 0 Å². The number of rotatable bonds is 4. The number of likely N-dealkylation sites (tertiary alicyclic amines) is 1. The van der Waals surface area contributed by atoms with E-state index >= 15 is 0 Å². The molecule has 0 radical (unpaired) electrons. The van der Waals surface area contributed by atoms with Crippen molar-refractivity contribution >= 4 is 22.9 Å². The number of pyridine rings is 1. The van der Waals surface area contributed by atoms with Gasteiger partial charge >= 0.3 is 6.09 Å². The van der Waals surface area contributed by atoms with Gasteiger partial charge in [0.05, 0.1) is 6.61 Å². The maximum Gasteiger partial charge on any atom is 0.409 e. The number of aromatic amines is 1. The summed E-state index contributed by atoms with van der Waals surface area (Å²) in [4.78, 5) is 33.8. The minimum atomic E-state index is -0.200. The molecule has 0 aromatic carbocycles. The molecule has 7 heteroatoms. The lowest BCUT2D eigenvalue weighted by Gasteiger charge is -2.33. The van der Waals surface area contributed by atoms with Gasteiger partial charge in [0.25, 0.3) is 5.91 Å². The van der Waals surface area contributed by atoms with Gasteiger partial charge in [0.15, 0.2) is 0 Å². The molecule has 2 aliphatic rings. The third-order valence-corrected chi connectivity index (χ3v) is 6.18. The Morgan fingerprint density at radius 2 is 2.10 bits per heavy atom. The SMILES string of the molecule is CC(C)(C)COC(=O)N1CCC2(CC1)CC2CNC(=O)c1cc2cnccc2[nH]1. The van der Waals surface area contributed by atoms with E-state index < -0.39 is 0 Å². The number of nitrogens with one attached hydrogen (secondary N) is 2. The van der Waals surface area contributed by atoms with E-state index in [1.54, 1.807) is 12.4 Å². The van der Waals surface area contributed by atoms with Crippen LogP contribution in [0.5, 0.6) is 0 Å². The molecule has 2 aromatic rings. The monoisotopic (exact) mass is 398 g/mol. The van der Waals surface area contributed by atoms with Crippen LogP contribution in [-0.2, 0) is 4.74 Å². The second kappa shape index (κ2) is 7.35. The molecule has 2 N–H and O–H groups in total. The van der Waals surface area contributed by atoms with Gasteiger partial charge in [-0.25, -0.2) is 4.79 Å². The van der Waals surface area contributed by atoms with Crippen molar-refractivity contribution in [2.24, 2.45) is 16.7 Å². The standard InChI is InChI=1S/C22H30N4O3/c1-21(2,3)14-29-20(28)26-8-5-22(6-9-26)11-16(22)13-24-19(27)18-10-15-12-23-7-4-17(15)25-18/h4,7,10,12,16,25H,5-6,8-9,11,13-14H2,1-3H3,(H,24,27). The van der Waals surface area contributed by atoms with Crippen LogP contribution in [-0.4, -0.2) is 53.1 Å². The van der Waals surface area contributed by atoms with E-state index in [0.29, 0.717) is 24.8 Å². The first-order valence-electron chi connectivity index (χ1n) is 10.4. The average molecular weight is 399 g/mol. The number of nitrogens with zero attached hydrogens (tertiary/aromatic N) is 2. The van der Waals surface area contributed by atoms with Crippen molar-refractivity contribution in [3.63, 3.8) is 0 Å². The maximum atomic E-state index is 12.5. The molecule has 1 atom stereocenters. The molecule has 7 nitrogen and oxygen atoms in total. The van der Waals surface area contributed by atoms with Gasteiger partial charge in [-0.2, -0.15) is 0 Å². The van der Waals surface area contributed by atoms with Crippen LogP contribution in [0.3, 0.4) is 0 Å². The number of piperidine rings is 1. The largest absolute Gasteiger partial charge is 0.449 e. The highest BCUT2D eigenvalue weighted by Crippen LogP contribution is 2.59. The normalized spacial score (nSPS) is 20.7. The predicted octanol–water partition coefficient (Wildman–Crippen LogP) is 3.58. The number of carbonyl (C=O) groups excluding carboxylic acids is 2. The number of H-pyrrole nitrogens is 1. The summed E-state index contributed by atoms with van der Waals surface area (Å²) in [5.74, 6) is 0.414. The van der Waals surface area contributed by atoms with E-state index in [1.807, 2.05) is 17.0 Å². The first kappa shape index (κ1) is 19.7. The fourth-order valence-electron chi connectivity index (χ4n) is 4.24. The smallest absolute Gasteiger partial charge is 0.409 e. The van der Waals surface area contributed by atoms with Crippen molar-refractivity contribution in [2.45, 2.75) is 40.0 Å². The van der Waals surface area contributed by atoms with Crippen molar-refractivity contribution in [2.75, 3.05) is 26.2 Å². The zero-order valence-electron chi connectivity index (χ0n) is 17.5. The molecule has 1 saturated carbocycles. The molecular formula is C22H30N4O3. The summed E-state index contributed by atoms with van der Waals surface area (Å²) in [5, 5.41) is 4.00. The van der Waals surface area contributed by atoms with Crippen molar-refractivity contribution in [3.8, 4) is 0 Å². The van der Waals surface area contributed by atoms with E-state index in [-0.39, 0.29) is 22.8 Å². The van der Waals surface area contributed by atoms with Gasteiger partial charge in [0.1, 0.15) is 5.69 Å². The summed E-state index contributed by atoms with van der Waals surface area (Å²) in [6.07, 6.45) is 6.34. The van der Waals surface area contributed by atoms with Gasteiger partial charge in [-0.1, -0.05) is 20.8 Å². The highest BCUT2D eigenvalue weighted by atomic mass is 16.6.